The van der Waals surface area contributed by atoms with Gasteiger partial charge in [-0.15, -0.1) is 0 Å². The van der Waals surface area contributed by atoms with Gasteiger partial charge in [0.05, 0.1) is 6.04 Å². The van der Waals surface area contributed by atoms with Crippen molar-refractivity contribution >= 4 is 5.95 Å². The molecule has 0 saturated carbocycles. The lowest BCUT2D eigenvalue weighted by Crippen LogP contribution is -2.34. The number of pyridine rings is 1. The standard InChI is InChI=1S/C15H15F3N4O/c16-15(17,18)12-5-8-20-14(22-12)21-11-2-1-9-23-13(11)10-3-6-19-7-4-10/h3-8,11,13H,1-2,9H2,(H,20,21,22)/t11-,13+/m0/s1. The predicted molar refractivity (Wildman–Crippen MR) is 76.6 cm³/mol. The third-order valence-corrected chi connectivity index (χ3v) is 3.62. The molecule has 0 aromatic carbocycles. The molecule has 1 saturated heterocycles. The molecule has 2 aromatic heterocycles. The number of nitrogens with one attached hydrogen (secondary N) is 1. The molecule has 2 aromatic rings. The second-order valence-corrected chi connectivity index (χ2v) is 5.23. The molecule has 1 fully saturated rings. The maximum Gasteiger partial charge on any atom is 0.433 e. The molecular weight excluding hydrogens is 309 g/mol. The van der Waals surface area contributed by atoms with Crippen LogP contribution in [-0.2, 0) is 10.9 Å². The molecule has 122 valence electrons. The molecule has 0 unspecified atom stereocenters. The van der Waals surface area contributed by atoms with Crippen LogP contribution in [0.5, 0.6) is 0 Å². The fourth-order valence-electron chi connectivity index (χ4n) is 2.56. The van der Waals surface area contributed by atoms with E-state index in [1.807, 2.05) is 12.1 Å². The van der Waals surface area contributed by atoms with E-state index in [0.29, 0.717) is 6.61 Å². The van der Waals surface area contributed by atoms with Gasteiger partial charge < -0.3 is 10.1 Å². The van der Waals surface area contributed by atoms with E-state index in [2.05, 4.69) is 20.3 Å². The van der Waals surface area contributed by atoms with Gasteiger partial charge >= 0.3 is 6.18 Å². The highest BCUT2D eigenvalue weighted by atomic mass is 19.4. The highest BCUT2D eigenvalue weighted by Crippen LogP contribution is 2.31. The molecule has 5 nitrogen and oxygen atoms in total. The first-order valence-corrected chi connectivity index (χ1v) is 7.22. The summed E-state index contributed by atoms with van der Waals surface area (Å²) in [6, 6.07) is 4.31. The van der Waals surface area contributed by atoms with Gasteiger partial charge in [0.2, 0.25) is 5.95 Å². The fourth-order valence-corrected chi connectivity index (χ4v) is 2.56. The van der Waals surface area contributed by atoms with Crippen molar-refractivity contribution in [3.63, 3.8) is 0 Å². The van der Waals surface area contributed by atoms with Crippen LogP contribution in [0.15, 0.2) is 36.8 Å². The van der Waals surface area contributed by atoms with Gasteiger partial charge in [-0.25, -0.2) is 9.97 Å². The normalized spacial score (nSPS) is 21.9. The minimum Gasteiger partial charge on any atom is -0.371 e. The number of nitrogens with zero attached hydrogens (tertiary/aromatic N) is 3. The van der Waals surface area contributed by atoms with Gasteiger partial charge in [0, 0.05) is 25.2 Å². The first-order chi connectivity index (χ1) is 11.0. The van der Waals surface area contributed by atoms with Crippen molar-refractivity contribution < 1.29 is 17.9 Å². The monoisotopic (exact) mass is 324 g/mol. The van der Waals surface area contributed by atoms with Gasteiger partial charge in [-0.1, -0.05) is 0 Å². The van der Waals surface area contributed by atoms with Gasteiger partial charge in [0.15, 0.2) is 0 Å². The first kappa shape index (κ1) is 15.7. The Bertz CT molecular complexity index is 651. The zero-order valence-corrected chi connectivity index (χ0v) is 12.1. The lowest BCUT2D eigenvalue weighted by Gasteiger charge is -2.32. The Morgan fingerprint density at radius 3 is 2.65 bits per heavy atom. The Labute approximate surface area is 130 Å². The van der Waals surface area contributed by atoms with Crippen molar-refractivity contribution in [1.29, 1.82) is 0 Å². The molecular formula is C15H15F3N4O. The topological polar surface area (TPSA) is 59.9 Å². The van der Waals surface area contributed by atoms with E-state index < -0.39 is 11.9 Å². The molecule has 3 heterocycles. The highest BCUT2D eigenvalue weighted by molar-refractivity contribution is 5.30. The van der Waals surface area contributed by atoms with E-state index in [1.54, 1.807) is 12.4 Å². The summed E-state index contributed by atoms with van der Waals surface area (Å²) in [5, 5.41) is 2.97. The maximum absolute atomic E-state index is 12.7. The van der Waals surface area contributed by atoms with Crippen molar-refractivity contribution in [2.24, 2.45) is 0 Å². The molecule has 1 aliphatic heterocycles. The van der Waals surface area contributed by atoms with Crippen molar-refractivity contribution in [3.8, 4) is 0 Å². The Hall–Kier alpha value is -2.22. The van der Waals surface area contributed by atoms with Gasteiger partial charge in [-0.2, -0.15) is 13.2 Å². The number of alkyl halides is 3. The number of aromatic nitrogens is 3. The molecule has 1 aliphatic rings. The van der Waals surface area contributed by atoms with Crippen LogP contribution in [0, 0.1) is 0 Å². The zero-order chi connectivity index (χ0) is 16.3. The average molecular weight is 324 g/mol. The maximum atomic E-state index is 12.7. The van der Waals surface area contributed by atoms with Crippen LogP contribution in [0.3, 0.4) is 0 Å². The largest absolute Gasteiger partial charge is 0.433 e. The van der Waals surface area contributed by atoms with Crippen LogP contribution in [-0.4, -0.2) is 27.6 Å². The van der Waals surface area contributed by atoms with E-state index >= 15 is 0 Å². The molecule has 23 heavy (non-hydrogen) atoms. The van der Waals surface area contributed by atoms with Gasteiger partial charge in [0.25, 0.3) is 0 Å². The Kier molecular flexibility index (Phi) is 4.42. The summed E-state index contributed by atoms with van der Waals surface area (Å²) in [4.78, 5) is 11.4. The molecule has 0 bridgehead atoms. The minimum atomic E-state index is -4.49. The van der Waals surface area contributed by atoms with Crippen molar-refractivity contribution in [2.45, 2.75) is 31.2 Å². The van der Waals surface area contributed by atoms with Crippen molar-refractivity contribution in [2.75, 3.05) is 11.9 Å². The summed E-state index contributed by atoms with van der Waals surface area (Å²) in [5.74, 6) is -0.0469. The molecule has 8 heteroatoms. The zero-order valence-electron chi connectivity index (χ0n) is 12.1. The fraction of sp³-hybridized carbons (Fsp3) is 0.400. The second kappa shape index (κ2) is 6.49. The van der Waals surface area contributed by atoms with E-state index in [0.717, 1.165) is 30.7 Å². The van der Waals surface area contributed by atoms with Crippen LogP contribution in [0.4, 0.5) is 19.1 Å². The second-order valence-electron chi connectivity index (χ2n) is 5.23. The lowest BCUT2D eigenvalue weighted by atomic mass is 9.97. The number of hydrogen-bond donors (Lipinski definition) is 1. The van der Waals surface area contributed by atoms with Crippen LogP contribution in [0.1, 0.15) is 30.2 Å². The average Bonchev–Trinajstić information content (AvgIpc) is 2.56. The third-order valence-electron chi connectivity index (χ3n) is 3.62. The number of rotatable bonds is 3. The van der Waals surface area contributed by atoms with Gasteiger partial charge in [-0.05, 0) is 36.6 Å². The Morgan fingerprint density at radius 1 is 1.13 bits per heavy atom. The number of halogens is 3. The van der Waals surface area contributed by atoms with Crippen molar-refractivity contribution in [1.82, 2.24) is 15.0 Å². The predicted octanol–water partition coefficient (Wildman–Crippen LogP) is 3.22. The molecule has 0 amide bonds. The molecule has 0 radical (unpaired) electrons. The number of anilines is 1. The quantitative estimate of drug-likeness (QED) is 0.939. The van der Waals surface area contributed by atoms with Gasteiger partial charge in [0.1, 0.15) is 11.8 Å². The van der Waals surface area contributed by atoms with Crippen molar-refractivity contribution in [3.05, 3.63) is 48.0 Å². The molecule has 0 spiro atoms. The summed E-state index contributed by atoms with van der Waals surface area (Å²) in [7, 11) is 0. The van der Waals surface area contributed by atoms with E-state index in [-0.39, 0.29) is 18.1 Å². The van der Waals surface area contributed by atoms with E-state index in [1.165, 1.54) is 0 Å². The Morgan fingerprint density at radius 2 is 1.91 bits per heavy atom. The van der Waals surface area contributed by atoms with Crippen LogP contribution in [0.2, 0.25) is 0 Å². The highest BCUT2D eigenvalue weighted by Gasteiger charge is 2.33. The smallest absolute Gasteiger partial charge is 0.371 e. The SMILES string of the molecule is FC(F)(F)c1ccnc(N[C@H]2CCCO[C@@H]2c2ccncc2)n1. The minimum absolute atomic E-state index is 0.0469. The first-order valence-electron chi connectivity index (χ1n) is 7.22. The van der Waals surface area contributed by atoms with E-state index in [4.69, 9.17) is 4.74 Å². The number of ether oxygens (including phenoxy) is 1. The summed E-state index contributed by atoms with van der Waals surface area (Å²) in [6.45, 7) is 0.606. The summed E-state index contributed by atoms with van der Waals surface area (Å²) in [5.41, 5.74) is -0.0450. The lowest BCUT2D eigenvalue weighted by molar-refractivity contribution is -0.141. The molecule has 2 atom stereocenters. The van der Waals surface area contributed by atoms with Crippen LogP contribution in [0.25, 0.3) is 0 Å². The molecule has 3 rings (SSSR count). The molecule has 0 aliphatic carbocycles. The van der Waals surface area contributed by atoms with E-state index in [9.17, 15) is 13.2 Å². The Balaban J connectivity index is 1.80. The summed E-state index contributed by atoms with van der Waals surface area (Å²) in [6.07, 6.45) is 1.22. The molecule has 1 N–H and O–H groups in total. The van der Waals surface area contributed by atoms with Crippen LogP contribution >= 0.6 is 0 Å². The number of hydrogen-bond acceptors (Lipinski definition) is 5. The third kappa shape index (κ3) is 3.76. The van der Waals surface area contributed by atoms with Crippen LogP contribution < -0.4 is 5.32 Å². The summed E-state index contributed by atoms with van der Waals surface area (Å²) >= 11 is 0. The summed E-state index contributed by atoms with van der Waals surface area (Å²) < 4.78 is 44.0. The van der Waals surface area contributed by atoms with Gasteiger partial charge in [-0.3, -0.25) is 4.98 Å².